The number of nitrogens with zero attached hydrogens (tertiary/aromatic N) is 1. The van der Waals surface area contributed by atoms with Crippen molar-refractivity contribution < 1.29 is 14.4 Å². The first-order valence-electron chi connectivity index (χ1n) is 3.78. The molecule has 2 N–H and O–H groups in total. The number of rotatable bonds is 1. The molecule has 0 aromatic carbocycles. The minimum Gasteiger partial charge on any atom is -0.338 e. The van der Waals surface area contributed by atoms with E-state index in [0.29, 0.717) is 6.54 Å². The van der Waals surface area contributed by atoms with E-state index in [1.807, 2.05) is 6.92 Å². The molecule has 12 heavy (non-hydrogen) atoms. The maximum absolute atomic E-state index is 11.2. The quantitative estimate of drug-likeness (QED) is 0.566. The fourth-order valence-corrected chi connectivity index (χ4v) is 1.11. The van der Waals surface area contributed by atoms with Gasteiger partial charge in [0.15, 0.2) is 0 Å². The number of hydrogen-bond acceptors (Lipinski definition) is 4. The molecule has 1 fully saturated rings. The Morgan fingerprint density at radius 3 is 2.67 bits per heavy atom. The van der Waals surface area contributed by atoms with Crippen LogP contribution in [0.2, 0.25) is 0 Å². The second kappa shape index (κ2) is 3.10. The van der Waals surface area contributed by atoms with Gasteiger partial charge in [0.05, 0.1) is 12.6 Å². The van der Waals surface area contributed by atoms with Crippen molar-refractivity contribution in [1.29, 1.82) is 0 Å². The van der Waals surface area contributed by atoms with E-state index in [9.17, 15) is 9.59 Å². The smallest absolute Gasteiger partial charge is 0.329 e. The molecule has 0 aliphatic carbocycles. The van der Waals surface area contributed by atoms with E-state index < -0.39 is 12.0 Å². The van der Waals surface area contributed by atoms with Crippen LogP contribution in [0, 0.1) is 5.92 Å². The maximum Gasteiger partial charge on any atom is 0.329 e. The molecule has 5 nitrogen and oxygen atoms in total. The lowest BCUT2D eigenvalue weighted by Gasteiger charge is -2.12. The zero-order valence-electron chi connectivity index (χ0n) is 7.11. The number of hydrogen-bond donors (Lipinski definition) is 1. The van der Waals surface area contributed by atoms with Crippen molar-refractivity contribution in [2.75, 3.05) is 6.54 Å². The van der Waals surface area contributed by atoms with Crippen LogP contribution in [0.3, 0.4) is 0 Å². The topological polar surface area (TPSA) is 72.6 Å². The summed E-state index contributed by atoms with van der Waals surface area (Å²) in [7, 11) is 0. The second-order valence-electron chi connectivity index (χ2n) is 2.99. The van der Waals surface area contributed by atoms with Crippen LogP contribution in [0.25, 0.3) is 0 Å². The van der Waals surface area contributed by atoms with Crippen LogP contribution in [0.5, 0.6) is 0 Å². The molecule has 0 aromatic rings. The van der Waals surface area contributed by atoms with Gasteiger partial charge in [0.2, 0.25) is 0 Å². The van der Waals surface area contributed by atoms with Gasteiger partial charge in [0.25, 0.3) is 5.91 Å². The van der Waals surface area contributed by atoms with Gasteiger partial charge in [-0.05, 0) is 0 Å². The monoisotopic (exact) mass is 172 g/mol. The van der Waals surface area contributed by atoms with Gasteiger partial charge in [-0.1, -0.05) is 6.92 Å². The van der Waals surface area contributed by atoms with Gasteiger partial charge in [-0.25, -0.2) is 0 Å². The maximum atomic E-state index is 11.2. The summed E-state index contributed by atoms with van der Waals surface area (Å²) in [6.07, 6.45) is 0. The van der Waals surface area contributed by atoms with Crippen molar-refractivity contribution >= 4 is 11.9 Å². The van der Waals surface area contributed by atoms with Crippen molar-refractivity contribution in [3.63, 3.8) is 0 Å². The first-order chi connectivity index (χ1) is 5.52. The van der Waals surface area contributed by atoms with E-state index in [-0.39, 0.29) is 11.8 Å². The summed E-state index contributed by atoms with van der Waals surface area (Å²) in [5.74, 6) is -0.779. The molecule has 68 valence electrons. The van der Waals surface area contributed by atoms with Gasteiger partial charge in [-0.3, -0.25) is 9.59 Å². The molecule has 1 rings (SSSR count). The minimum absolute atomic E-state index is 0.0387. The molecular formula is C7H12N2O3. The minimum atomic E-state index is -0.538. The second-order valence-corrected chi connectivity index (χ2v) is 2.99. The number of carbonyl (C=O) groups excluding carboxylic acids is 2. The Bertz CT molecular complexity index is 217. The van der Waals surface area contributed by atoms with Gasteiger partial charge in [-0.15, -0.1) is 0 Å². The van der Waals surface area contributed by atoms with Gasteiger partial charge in [-0.2, -0.15) is 5.06 Å². The summed E-state index contributed by atoms with van der Waals surface area (Å²) < 4.78 is 0. The first kappa shape index (κ1) is 8.99. The van der Waals surface area contributed by atoms with Gasteiger partial charge >= 0.3 is 5.97 Å². The largest absolute Gasteiger partial charge is 0.338 e. The summed E-state index contributed by atoms with van der Waals surface area (Å²) in [5, 5.41) is 1.03. The predicted molar refractivity (Wildman–Crippen MR) is 40.6 cm³/mol. The summed E-state index contributed by atoms with van der Waals surface area (Å²) in [4.78, 5) is 26.3. The molecule has 1 amide bonds. The Kier molecular flexibility index (Phi) is 2.32. The molecule has 0 spiro atoms. The molecule has 0 saturated carbocycles. The third-order valence-electron chi connectivity index (χ3n) is 1.84. The van der Waals surface area contributed by atoms with E-state index in [1.165, 1.54) is 6.92 Å². The highest BCUT2D eigenvalue weighted by Gasteiger charge is 2.37. The molecule has 1 aliphatic heterocycles. The number of nitrogens with two attached hydrogens (primary N) is 1. The standard InChI is InChI=1S/C7H12N2O3/c1-4-3-9(12-5(2)10)7(11)6(4)8/h4,6H,3,8H2,1-2H3. The van der Waals surface area contributed by atoms with Crippen molar-refractivity contribution in [3.8, 4) is 0 Å². The highest BCUT2D eigenvalue weighted by Crippen LogP contribution is 2.15. The zero-order chi connectivity index (χ0) is 9.30. The molecule has 0 aromatic heterocycles. The summed E-state index contributed by atoms with van der Waals surface area (Å²) in [6, 6.07) is -0.538. The average molecular weight is 172 g/mol. The lowest BCUT2D eigenvalue weighted by Crippen LogP contribution is -2.36. The van der Waals surface area contributed by atoms with Crippen molar-refractivity contribution in [3.05, 3.63) is 0 Å². The van der Waals surface area contributed by atoms with Crippen molar-refractivity contribution in [2.24, 2.45) is 11.7 Å². The van der Waals surface area contributed by atoms with E-state index in [0.717, 1.165) is 5.06 Å². The summed E-state index contributed by atoms with van der Waals surface area (Å²) >= 11 is 0. The predicted octanol–water partition coefficient (Wildman–Crippen LogP) is -0.730. The molecule has 5 heteroatoms. The van der Waals surface area contributed by atoms with E-state index in [1.54, 1.807) is 0 Å². The highest BCUT2D eigenvalue weighted by atomic mass is 16.7. The highest BCUT2D eigenvalue weighted by molar-refractivity contribution is 5.84. The Balaban J connectivity index is 2.59. The first-order valence-corrected chi connectivity index (χ1v) is 3.78. The van der Waals surface area contributed by atoms with Crippen LogP contribution in [0.4, 0.5) is 0 Å². The van der Waals surface area contributed by atoms with Crippen molar-refractivity contribution in [2.45, 2.75) is 19.9 Å². The summed E-state index contributed by atoms with van der Waals surface area (Å²) in [6.45, 7) is 3.48. The molecule has 2 atom stereocenters. The van der Waals surface area contributed by atoms with Crippen LogP contribution >= 0.6 is 0 Å². The number of carbonyl (C=O) groups is 2. The Morgan fingerprint density at radius 1 is 1.75 bits per heavy atom. The molecular weight excluding hydrogens is 160 g/mol. The van der Waals surface area contributed by atoms with E-state index in [4.69, 9.17) is 5.73 Å². The fraction of sp³-hybridized carbons (Fsp3) is 0.714. The number of hydroxylamine groups is 2. The number of amides is 1. The molecule has 1 saturated heterocycles. The van der Waals surface area contributed by atoms with Crippen molar-refractivity contribution in [1.82, 2.24) is 5.06 Å². The van der Waals surface area contributed by atoms with Gasteiger partial charge < -0.3 is 10.6 Å². The van der Waals surface area contributed by atoms with Gasteiger partial charge in [0, 0.05) is 12.8 Å². The summed E-state index contributed by atoms with van der Waals surface area (Å²) in [5.41, 5.74) is 5.51. The van der Waals surface area contributed by atoms with E-state index >= 15 is 0 Å². The van der Waals surface area contributed by atoms with Crippen LogP contribution in [0.1, 0.15) is 13.8 Å². The molecule has 0 radical (unpaired) electrons. The zero-order valence-corrected chi connectivity index (χ0v) is 7.11. The lowest BCUT2D eigenvalue weighted by molar-refractivity contribution is -0.191. The fourth-order valence-electron chi connectivity index (χ4n) is 1.11. The average Bonchev–Trinajstić information content (AvgIpc) is 2.17. The van der Waals surface area contributed by atoms with Crippen LogP contribution < -0.4 is 5.73 Å². The normalized spacial score (nSPS) is 29.2. The molecule has 1 heterocycles. The molecule has 1 aliphatic rings. The third-order valence-corrected chi connectivity index (χ3v) is 1.84. The lowest BCUT2D eigenvalue weighted by atomic mass is 10.1. The Hall–Kier alpha value is -1.10. The molecule has 2 unspecified atom stereocenters. The Morgan fingerprint density at radius 2 is 2.33 bits per heavy atom. The molecule has 0 bridgehead atoms. The SMILES string of the molecule is CC(=O)ON1CC(C)C(N)C1=O. The van der Waals surface area contributed by atoms with Gasteiger partial charge in [0.1, 0.15) is 0 Å². The van der Waals surface area contributed by atoms with Crippen LogP contribution in [0.15, 0.2) is 0 Å². The van der Waals surface area contributed by atoms with E-state index in [2.05, 4.69) is 4.84 Å². The third kappa shape index (κ3) is 1.55. The van der Waals surface area contributed by atoms with Crippen LogP contribution in [-0.4, -0.2) is 29.5 Å². The van der Waals surface area contributed by atoms with Crippen LogP contribution in [-0.2, 0) is 14.4 Å². The Labute approximate surface area is 70.4 Å².